The molecule has 30 heavy (non-hydrogen) atoms. The van der Waals surface area contributed by atoms with E-state index in [0.717, 1.165) is 24.3 Å². The lowest BCUT2D eigenvalue weighted by molar-refractivity contribution is -0.0435. The topological polar surface area (TPSA) is 92.3 Å². The van der Waals surface area contributed by atoms with E-state index in [0.29, 0.717) is 12.1 Å². The molecular weight excluding hydrogens is 459 g/mol. The summed E-state index contributed by atoms with van der Waals surface area (Å²) in [6, 6.07) is 5.04. The van der Waals surface area contributed by atoms with Crippen LogP contribution < -0.4 is 21.5 Å². The standard InChI is InChI=1S/C17H8ClF5N2O4S/c18-9-3-1-8(6-12(9)30(28,29)17(21,22)23)25-14-13(15(26)16(14)27)24-7-2-4-10(19)11(20)5-7/h1-6,24-25H. The van der Waals surface area contributed by atoms with Gasteiger partial charge in [-0.25, -0.2) is 17.2 Å². The van der Waals surface area contributed by atoms with Crippen molar-refractivity contribution in [3.05, 3.63) is 73.5 Å². The number of hydrogen-bond donors (Lipinski definition) is 2. The Morgan fingerprint density at radius 3 is 1.80 bits per heavy atom. The van der Waals surface area contributed by atoms with Gasteiger partial charge >= 0.3 is 5.51 Å². The molecule has 0 fully saturated rings. The van der Waals surface area contributed by atoms with Crippen LogP contribution in [0.25, 0.3) is 0 Å². The molecular formula is C17H8ClF5N2O4S. The summed E-state index contributed by atoms with van der Waals surface area (Å²) in [5, 5.41) is 4.02. The number of benzene rings is 2. The van der Waals surface area contributed by atoms with Crippen LogP contribution in [0.1, 0.15) is 0 Å². The molecule has 0 spiro atoms. The Bertz CT molecular complexity index is 1330. The van der Waals surface area contributed by atoms with E-state index in [2.05, 4.69) is 10.6 Å². The average Bonchev–Trinajstić information content (AvgIpc) is 2.67. The SMILES string of the molecule is O=c1c(Nc2ccc(F)c(F)c2)c(Nc2ccc(Cl)c(S(=O)(=O)C(F)(F)F)c2)c1=O. The molecule has 13 heteroatoms. The normalized spacial score (nSPS) is 12.2. The van der Waals surface area contributed by atoms with Crippen molar-refractivity contribution in [2.24, 2.45) is 0 Å². The molecule has 0 saturated carbocycles. The van der Waals surface area contributed by atoms with Crippen molar-refractivity contribution in [1.29, 1.82) is 0 Å². The Balaban J connectivity index is 1.96. The van der Waals surface area contributed by atoms with Gasteiger partial charge in [0, 0.05) is 17.4 Å². The fourth-order valence-electron chi connectivity index (χ4n) is 2.40. The highest BCUT2D eigenvalue weighted by Crippen LogP contribution is 2.36. The van der Waals surface area contributed by atoms with Crippen LogP contribution >= 0.6 is 11.6 Å². The molecule has 0 unspecified atom stereocenters. The Hall–Kier alpha value is -2.99. The summed E-state index contributed by atoms with van der Waals surface area (Å²) in [5.74, 6) is -2.38. The monoisotopic (exact) mass is 466 g/mol. The van der Waals surface area contributed by atoms with Crippen LogP contribution in [-0.2, 0) is 9.84 Å². The van der Waals surface area contributed by atoms with Gasteiger partial charge in [0.25, 0.3) is 20.7 Å². The minimum absolute atomic E-state index is 0.0829. The molecule has 6 nitrogen and oxygen atoms in total. The molecule has 3 aromatic carbocycles. The van der Waals surface area contributed by atoms with E-state index < -0.39 is 53.4 Å². The van der Waals surface area contributed by atoms with Crippen LogP contribution in [0.3, 0.4) is 0 Å². The number of anilines is 4. The number of halogens is 6. The fourth-order valence-corrected chi connectivity index (χ4v) is 3.68. The Kier molecular flexibility index (Phi) is 5.33. The molecule has 0 aliphatic heterocycles. The minimum atomic E-state index is -5.78. The maximum atomic E-state index is 13.3. The van der Waals surface area contributed by atoms with Gasteiger partial charge in [0.05, 0.1) is 9.92 Å². The van der Waals surface area contributed by atoms with Crippen LogP contribution in [0.5, 0.6) is 0 Å². The third-order valence-corrected chi connectivity index (χ3v) is 5.86. The van der Waals surface area contributed by atoms with Crippen molar-refractivity contribution in [3.63, 3.8) is 0 Å². The third-order valence-electron chi connectivity index (χ3n) is 3.89. The summed E-state index contributed by atoms with van der Waals surface area (Å²) < 4.78 is 88.0. The van der Waals surface area contributed by atoms with Gasteiger partial charge < -0.3 is 10.6 Å². The van der Waals surface area contributed by atoms with Crippen LogP contribution in [0, 0.1) is 11.6 Å². The first kappa shape index (κ1) is 21.7. The lowest BCUT2D eigenvalue weighted by Gasteiger charge is -2.16. The zero-order valence-corrected chi connectivity index (χ0v) is 15.8. The quantitative estimate of drug-likeness (QED) is 0.436. The summed E-state index contributed by atoms with van der Waals surface area (Å²) in [7, 11) is -5.78. The number of alkyl halides is 3. The molecule has 0 heterocycles. The average molecular weight is 467 g/mol. The maximum absolute atomic E-state index is 13.3. The molecule has 3 aromatic rings. The molecule has 0 aromatic heterocycles. The van der Waals surface area contributed by atoms with E-state index in [4.69, 9.17) is 11.6 Å². The Morgan fingerprint density at radius 2 is 1.30 bits per heavy atom. The minimum Gasteiger partial charge on any atom is -0.350 e. The van der Waals surface area contributed by atoms with Crippen molar-refractivity contribution in [2.75, 3.05) is 10.6 Å². The molecule has 0 bridgehead atoms. The summed E-state index contributed by atoms with van der Waals surface area (Å²) in [6.45, 7) is 0. The summed E-state index contributed by atoms with van der Waals surface area (Å²) in [5.41, 5.74) is -8.86. The van der Waals surface area contributed by atoms with Gasteiger partial charge in [-0.15, -0.1) is 0 Å². The molecule has 0 aliphatic carbocycles. The van der Waals surface area contributed by atoms with Crippen LogP contribution in [0.4, 0.5) is 44.7 Å². The van der Waals surface area contributed by atoms with Gasteiger partial charge in [0.1, 0.15) is 11.4 Å². The number of hydrogen-bond acceptors (Lipinski definition) is 6. The number of rotatable bonds is 5. The fraction of sp³-hybridized carbons (Fsp3) is 0.0588. The van der Waals surface area contributed by atoms with Gasteiger partial charge in [-0.3, -0.25) is 9.59 Å². The first-order valence-electron chi connectivity index (χ1n) is 7.76. The van der Waals surface area contributed by atoms with Crippen molar-refractivity contribution < 1.29 is 30.4 Å². The predicted molar refractivity (Wildman–Crippen MR) is 99.0 cm³/mol. The van der Waals surface area contributed by atoms with E-state index in [1.54, 1.807) is 0 Å². The zero-order valence-electron chi connectivity index (χ0n) is 14.3. The van der Waals surface area contributed by atoms with Crippen LogP contribution in [0.2, 0.25) is 5.02 Å². The largest absolute Gasteiger partial charge is 0.501 e. The molecule has 0 radical (unpaired) electrons. The smallest absolute Gasteiger partial charge is 0.350 e. The molecule has 0 amide bonds. The molecule has 0 atom stereocenters. The van der Waals surface area contributed by atoms with Crippen LogP contribution in [0.15, 0.2) is 50.9 Å². The lowest BCUT2D eigenvalue weighted by atomic mass is 10.1. The van der Waals surface area contributed by atoms with Gasteiger partial charge in [-0.05, 0) is 30.3 Å². The Labute approximate surface area is 169 Å². The predicted octanol–water partition coefficient (Wildman–Crippen LogP) is 3.99. The van der Waals surface area contributed by atoms with Crippen molar-refractivity contribution in [2.45, 2.75) is 10.4 Å². The first-order chi connectivity index (χ1) is 13.8. The van der Waals surface area contributed by atoms with E-state index in [1.807, 2.05) is 0 Å². The Morgan fingerprint density at radius 1 is 0.800 bits per heavy atom. The highest BCUT2D eigenvalue weighted by Gasteiger charge is 2.48. The summed E-state index contributed by atoms with van der Waals surface area (Å²) >= 11 is 5.57. The molecule has 0 aliphatic rings. The summed E-state index contributed by atoms with van der Waals surface area (Å²) in [4.78, 5) is 22.4. The van der Waals surface area contributed by atoms with Gasteiger partial charge in [-0.2, -0.15) is 13.2 Å². The van der Waals surface area contributed by atoms with E-state index in [9.17, 15) is 40.0 Å². The van der Waals surface area contributed by atoms with Gasteiger partial charge in [0.15, 0.2) is 11.6 Å². The van der Waals surface area contributed by atoms with E-state index in [-0.39, 0.29) is 17.1 Å². The third kappa shape index (κ3) is 3.75. The second-order valence-electron chi connectivity index (χ2n) is 5.88. The van der Waals surface area contributed by atoms with Gasteiger partial charge in [0.2, 0.25) is 0 Å². The van der Waals surface area contributed by atoms with E-state index in [1.165, 1.54) is 0 Å². The van der Waals surface area contributed by atoms with E-state index >= 15 is 0 Å². The van der Waals surface area contributed by atoms with Gasteiger partial charge in [-0.1, -0.05) is 11.6 Å². The zero-order chi connectivity index (χ0) is 22.4. The second kappa shape index (κ2) is 7.36. The maximum Gasteiger partial charge on any atom is 0.501 e. The second-order valence-corrected chi connectivity index (χ2v) is 8.20. The highest BCUT2D eigenvalue weighted by atomic mass is 35.5. The van der Waals surface area contributed by atoms with Crippen molar-refractivity contribution in [3.8, 4) is 0 Å². The molecule has 3 rings (SSSR count). The molecule has 158 valence electrons. The van der Waals surface area contributed by atoms with Crippen molar-refractivity contribution >= 4 is 44.2 Å². The molecule has 2 N–H and O–H groups in total. The first-order valence-corrected chi connectivity index (χ1v) is 9.62. The lowest BCUT2D eigenvalue weighted by Crippen LogP contribution is -2.35. The summed E-state index contributed by atoms with van der Waals surface area (Å²) in [6.07, 6.45) is 0. The number of sulfone groups is 1. The number of nitrogens with one attached hydrogen (secondary N) is 2. The highest BCUT2D eigenvalue weighted by molar-refractivity contribution is 7.92. The molecule has 0 saturated heterocycles. The van der Waals surface area contributed by atoms with Crippen molar-refractivity contribution in [1.82, 2.24) is 0 Å². The van der Waals surface area contributed by atoms with Crippen LogP contribution in [-0.4, -0.2) is 13.9 Å².